The van der Waals surface area contributed by atoms with Crippen LogP contribution >= 0.6 is 22.7 Å². The van der Waals surface area contributed by atoms with Gasteiger partial charge in [-0.15, -0.1) is 22.7 Å². The summed E-state index contributed by atoms with van der Waals surface area (Å²) in [4.78, 5) is 24.6. The van der Waals surface area contributed by atoms with Crippen LogP contribution in [-0.4, -0.2) is 41.2 Å². The molecule has 0 radical (unpaired) electrons. The second kappa shape index (κ2) is 8.38. The molecule has 8 heteroatoms. The molecule has 0 unspecified atom stereocenters. The van der Waals surface area contributed by atoms with Gasteiger partial charge in [-0.05, 0) is 37.4 Å². The van der Waals surface area contributed by atoms with E-state index in [0.29, 0.717) is 5.56 Å². The lowest BCUT2D eigenvalue weighted by Gasteiger charge is -2.36. The van der Waals surface area contributed by atoms with Gasteiger partial charge in [0.15, 0.2) is 0 Å². The van der Waals surface area contributed by atoms with E-state index in [1.54, 1.807) is 34.9 Å². The van der Waals surface area contributed by atoms with Gasteiger partial charge in [0, 0.05) is 24.7 Å². The van der Waals surface area contributed by atoms with E-state index in [-0.39, 0.29) is 18.8 Å². The van der Waals surface area contributed by atoms with E-state index in [9.17, 15) is 4.79 Å². The van der Waals surface area contributed by atoms with E-state index in [0.717, 1.165) is 34.5 Å². The minimum atomic E-state index is -0.395. The van der Waals surface area contributed by atoms with Gasteiger partial charge in [0.05, 0.1) is 28.3 Å². The van der Waals surface area contributed by atoms with Crippen molar-refractivity contribution in [2.45, 2.75) is 32.7 Å². The van der Waals surface area contributed by atoms with Gasteiger partial charge in [0.25, 0.3) is 0 Å². The average Bonchev–Trinajstić information content (AvgIpc) is 3.37. The minimum Gasteiger partial charge on any atom is -0.456 e. The number of nitrogens with zero attached hydrogens (tertiary/aromatic N) is 3. The zero-order chi connectivity index (χ0) is 19.5. The molecule has 4 rings (SSSR count). The largest absolute Gasteiger partial charge is 0.456 e. The third kappa shape index (κ3) is 4.40. The van der Waals surface area contributed by atoms with Gasteiger partial charge in [-0.2, -0.15) is 0 Å². The Labute approximate surface area is 171 Å². The molecule has 6 nitrogen and oxygen atoms in total. The number of carbonyl (C=O) groups excluding carboxylic acids is 1. The fraction of sp³-hybridized carbons (Fsp3) is 0.350. The SMILES string of the molecule is C[C@H]1CN(c2ccc(C(=O)OCc3csc(-c4cccs4)n3)cn2)C[C@H](C)O1. The maximum Gasteiger partial charge on any atom is 0.340 e. The van der Waals surface area contributed by atoms with Gasteiger partial charge in [-0.1, -0.05) is 6.07 Å². The molecule has 1 aliphatic heterocycles. The molecule has 0 spiro atoms. The zero-order valence-corrected chi connectivity index (χ0v) is 17.3. The van der Waals surface area contributed by atoms with Crippen LogP contribution in [0.5, 0.6) is 0 Å². The molecule has 1 saturated heterocycles. The molecule has 146 valence electrons. The summed E-state index contributed by atoms with van der Waals surface area (Å²) in [6, 6.07) is 7.64. The second-order valence-electron chi connectivity index (χ2n) is 6.76. The monoisotopic (exact) mass is 415 g/mol. The zero-order valence-electron chi connectivity index (χ0n) is 15.7. The molecule has 0 aromatic carbocycles. The van der Waals surface area contributed by atoms with Crippen LogP contribution in [0.2, 0.25) is 0 Å². The average molecular weight is 416 g/mol. The lowest BCUT2D eigenvalue weighted by atomic mass is 10.2. The first-order valence-electron chi connectivity index (χ1n) is 9.10. The first kappa shape index (κ1) is 19.0. The molecule has 0 N–H and O–H groups in total. The van der Waals surface area contributed by atoms with Crippen molar-refractivity contribution >= 4 is 34.5 Å². The van der Waals surface area contributed by atoms with Gasteiger partial charge < -0.3 is 14.4 Å². The van der Waals surface area contributed by atoms with Crippen LogP contribution in [0, 0.1) is 0 Å². The highest BCUT2D eigenvalue weighted by molar-refractivity contribution is 7.20. The van der Waals surface area contributed by atoms with Crippen molar-refractivity contribution in [2.75, 3.05) is 18.0 Å². The molecule has 3 aromatic rings. The number of anilines is 1. The summed E-state index contributed by atoms with van der Waals surface area (Å²) in [6.45, 7) is 5.84. The fourth-order valence-corrected chi connectivity index (χ4v) is 4.79. The number of pyridine rings is 1. The fourth-order valence-electron chi connectivity index (χ4n) is 3.17. The molecule has 4 heterocycles. The van der Waals surface area contributed by atoms with Crippen LogP contribution in [0.4, 0.5) is 5.82 Å². The number of hydrogen-bond donors (Lipinski definition) is 0. The molecular weight excluding hydrogens is 394 g/mol. The Hall–Kier alpha value is -2.29. The highest BCUT2D eigenvalue weighted by atomic mass is 32.1. The van der Waals surface area contributed by atoms with Crippen LogP contribution in [0.1, 0.15) is 29.9 Å². The van der Waals surface area contributed by atoms with Crippen molar-refractivity contribution in [1.82, 2.24) is 9.97 Å². The van der Waals surface area contributed by atoms with Crippen LogP contribution in [0.15, 0.2) is 41.2 Å². The number of esters is 1. The highest BCUT2D eigenvalue weighted by Crippen LogP contribution is 2.28. The Morgan fingerprint density at radius 2 is 2.07 bits per heavy atom. The van der Waals surface area contributed by atoms with E-state index < -0.39 is 5.97 Å². The number of thiazole rings is 1. The minimum absolute atomic E-state index is 0.154. The van der Waals surface area contributed by atoms with Crippen LogP contribution in [0.25, 0.3) is 9.88 Å². The standard InChI is InChI=1S/C20H21N3O3S2/c1-13-9-23(10-14(2)26-13)18-6-5-15(8-21-18)20(24)25-11-16-12-28-19(22-16)17-4-3-7-27-17/h3-8,12-14H,9-11H2,1-2H3/t13-,14-/m0/s1. The van der Waals surface area contributed by atoms with Crippen molar-refractivity contribution < 1.29 is 14.3 Å². The number of rotatable bonds is 5. The Morgan fingerprint density at radius 1 is 1.25 bits per heavy atom. The summed E-state index contributed by atoms with van der Waals surface area (Å²) in [5, 5.41) is 4.89. The first-order valence-corrected chi connectivity index (χ1v) is 10.9. The highest BCUT2D eigenvalue weighted by Gasteiger charge is 2.23. The van der Waals surface area contributed by atoms with Gasteiger partial charge in [0.1, 0.15) is 17.4 Å². The van der Waals surface area contributed by atoms with Gasteiger partial charge >= 0.3 is 5.97 Å². The van der Waals surface area contributed by atoms with Crippen LogP contribution < -0.4 is 4.90 Å². The smallest absolute Gasteiger partial charge is 0.340 e. The lowest BCUT2D eigenvalue weighted by Crippen LogP contribution is -2.45. The molecule has 0 bridgehead atoms. The van der Waals surface area contributed by atoms with E-state index in [4.69, 9.17) is 9.47 Å². The molecule has 2 atom stereocenters. The maximum atomic E-state index is 12.3. The number of hydrogen-bond acceptors (Lipinski definition) is 8. The summed E-state index contributed by atoms with van der Waals surface area (Å²) < 4.78 is 11.2. The van der Waals surface area contributed by atoms with Crippen molar-refractivity contribution in [3.05, 3.63) is 52.5 Å². The maximum absolute atomic E-state index is 12.3. The van der Waals surface area contributed by atoms with E-state index >= 15 is 0 Å². The Kier molecular flexibility index (Phi) is 5.70. The third-order valence-corrected chi connectivity index (χ3v) is 6.29. The van der Waals surface area contributed by atoms with E-state index in [1.807, 2.05) is 29.0 Å². The predicted octanol–water partition coefficient (Wildman–Crippen LogP) is 4.24. The van der Waals surface area contributed by atoms with Crippen molar-refractivity contribution in [3.8, 4) is 9.88 Å². The first-order chi connectivity index (χ1) is 13.6. The molecule has 0 amide bonds. The third-order valence-electron chi connectivity index (χ3n) is 4.36. The summed E-state index contributed by atoms with van der Waals surface area (Å²) in [5.41, 5.74) is 1.19. The van der Waals surface area contributed by atoms with Crippen LogP contribution in [-0.2, 0) is 16.1 Å². The summed E-state index contributed by atoms with van der Waals surface area (Å²) in [5.74, 6) is 0.451. The molecule has 28 heavy (non-hydrogen) atoms. The molecule has 0 aliphatic carbocycles. The number of thiophene rings is 1. The molecule has 3 aromatic heterocycles. The molecule has 0 saturated carbocycles. The van der Waals surface area contributed by atoms with Gasteiger partial charge in [-0.25, -0.2) is 14.8 Å². The summed E-state index contributed by atoms with van der Waals surface area (Å²) in [6.07, 6.45) is 1.89. The number of aromatic nitrogens is 2. The molecule has 1 fully saturated rings. The Balaban J connectivity index is 1.35. The Bertz CT molecular complexity index is 915. The number of morpholine rings is 1. The van der Waals surface area contributed by atoms with Crippen molar-refractivity contribution in [1.29, 1.82) is 0 Å². The number of ether oxygens (including phenoxy) is 2. The normalized spacial score (nSPS) is 19.6. The van der Waals surface area contributed by atoms with E-state index in [2.05, 4.69) is 28.7 Å². The molecular formula is C20H21N3O3S2. The quantitative estimate of drug-likeness (QED) is 0.581. The topological polar surface area (TPSA) is 64.6 Å². The number of carbonyl (C=O) groups is 1. The Morgan fingerprint density at radius 3 is 2.75 bits per heavy atom. The van der Waals surface area contributed by atoms with Crippen LogP contribution in [0.3, 0.4) is 0 Å². The molecule has 1 aliphatic rings. The summed E-state index contributed by atoms with van der Waals surface area (Å²) >= 11 is 3.20. The van der Waals surface area contributed by atoms with Crippen molar-refractivity contribution in [3.63, 3.8) is 0 Å². The van der Waals surface area contributed by atoms with Gasteiger partial charge in [-0.3, -0.25) is 0 Å². The summed E-state index contributed by atoms with van der Waals surface area (Å²) in [7, 11) is 0. The van der Waals surface area contributed by atoms with Gasteiger partial charge in [0.2, 0.25) is 0 Å². The lowest BCUT2D eigenvalue weighted by molar-refractivity contribution is -0.00547. The van der Waals surface area contributed by atoms with Crippen molar-refractivity contribution in [2.24, 2.45) is 0 Å². The predicted molar refractivity (Wildman–Crippen MR) is 111 cm³/mol. The van der Waals surface area contributed by atoms with E-state index in [1.165, 1.54) is 0 Å². The second-order valence-corrected chi connectivity index (χ2v) is 8.57.